The molecule has 2 aromatic rings. The number of nitrogens with one attached hydrogen (secondary N) is 2. The SMILES string of the molecule is CCNC(=O)c1ccc(N)cc1Nc1cccc(Br)c1C. The molecule has 0 aliphatic rings. The van der Waals surface area contributed by atoms with Crippen LogP contribution in [0.4, 0.5) is 17.1 Å². The molecule has 0 heterocycles. The van der Waals surface area contributed by atoms with E-state index in [2.05, 4.69) is 26.6 Å². The molecule has 0 spiro atoms. The van der Waals surface area contributed by atoms with Gasteiger partial charge in [-0.05, 0) is 49.7 Å². The molecule has 2 aromatic carbocycles. The van der Waals surface area contributed by atoms with Crippen LogP contribution in [-0.2, 0) is 0 Å². The van der Waals surface area contributed by atoms with E-state index in [0.717, 1.165) is 15.7 Å². The molecule has 0 aromatic heterocycles. The van der Waals surface area contributed by atoms with E-state index in [4.69, 9.17) is 5.73 Å². The molecule has 4 N–H and O–H groups in total. The Balaban J connectivity index is 2.41. The fraction of sp³-hybridized carbons (Fsp3) is 0.188. The maximum absolute atomic E-state index is 12.1. The molecule has 1 amide bonds. The number of carbonyl (C=O) groups is 1. The van der Waals surface area contributed by atoms with E-state index in [-0.39, 0.29) is 5.91 Å². The highest BCUT2D eigenvalue weighted by Crippen LogP contribution is 2.29. The lowest BCUT2D eigenvalue weighted by atomic mass is 10.1. The number of hydrogen-bond acceptors (Lipinski definition) is 3. The minimum atomic E-state index is -0.118. The first-order chi connectivity index (χ1) is 10.0. The second-order valence-electron chi connectivity index (χ2n) is 4.70. The maximum atomic E-state index is 12.1. The number of nitrogen functional groups attached to an aromatic ring is 1. The van der Waals surface area contributed by atoms with Gasteiger partial charge in [-0.2, -0.15) is 0 Å². The van der Waals surface area contributed by atoms with E-state index in [9.17, 15) is 4.79 Å². The first-order valence-corrected chi connectivity index (χ1v) is 7.52. The fourth-order valence-electron chi connectivity index (χ4n) is 2.01. The van der Waals surface area contributed by atoms with Crippen LogP contribution in [0.3, 0.4) is 0 Å². The average molecular weight is 348 g/mol. The summed E-state index contributed by atoms with van der Waals surface area (Å²) in [4.78, 5) is 12.1. The van der Waals surface area contributed by atoms with E-state index in [1.165, 1.54) is 0 Å². The summed E-state index contributed by atoms with van der Waals surface area (Å²) in [5, 5.41) is 6.10. The van der Waals surface area contributed by atoms with Crippen molar-refractivity contribution in [2.24, 2.45) is 0 Å². The maximum Gasteiger partial charge on any atom is 0.253 e. The van der Waals surface area contributed by atoms with Crippen LogP contribution in [0.2, 0.25) is 0 Å². The predicted molar refractivity (Wildman–Crippen MR) is 91.0 cm³/mol. The number of amides is 1. The summed E-state index contributed by atoms with van der Waals surface area (Å²) in [7, 11) is 0. The third-order valence-corrected chi connectivity index (χ3v) is 4.02. The summed E-state index contributed by atoms with van der Waals surface area (Å²) in [6.45, 7) is 4.48. The van der Waals surface area contributed by atoms with Gasteiger partial charge in [0.05, 0.1) is 11.3 Å². The first-order valence-electron chi connectivity index (χ1n) is 6.72. The van der Waals surface area contributed by atoms with Crippen molar-refractivity contribution in [1.29, 1.82) is 0 Å². The summed E-state index contributed by atoms with van der Waals surface area (Å²) in [6.07, 6.45) is 0. The van der Waals surface area contributed by atoms with Gasteiger partial charge in [-0.1, -0.05) is 22.0 Å². The lowest BCUT2D eigenvalue weighted by molar-refractivity contribution is 0.0956. The largest absolute Gasteiger partial charge is 0.399 e. The molecule has 21 heavy (non-hydrogen) atoms. The van der Waals surface area contributed by atoms with Crippen LogP contribution in [0.5, 0.6) is 0 Å². The second kappa shape index (κ2) is 6.63. The molecule has 110 valence electrons. The highest BCUT2D eigenvalue weighted by atomic mass is 79.9. The molecule has 2 rings (SSSR count). The van der Waals surface area contributed by atoms with Gasteiger partial charge in [0, 0.05) is 22.4 Å². The predicted octanol–water partition coefficient (Wildman–Crippen LogP) is 3.83. The number of hydrogen-bond donors (Lipinski definition) is 3. The van der Waals surface area contributed by atoms with E-state index in [0.29, 0.717) is 23.5 Å². The standard InChI is InChI=1S/C16H18BrN3O/c1-3-19-16(21)12-8-7-11(18)9-15(12)20-14-6-4-5-13(17)10(14)2/h4-9,20H,3,18H2,1-2H3,(H,19,21). The molecule has 0 unspecified atom stereocenters. The smallest absolute Gasteiger partial charge is 0.253 e. The summed E-state index contributed by atoms with van der Waals surface area (Å²) >= 11 is 3.50. The van der Waals surface area contributed by atoms with Crippen LogP contribution in [0.25, 0.3) is 0 Å². The number of nitrogens with two attached hydrogens (primary N) is 1. The van der Waals surface area contributed by atoms with Crippen LogP contribution in [-0.4, -0.2) is 12.5 Å². The van der Waals surface area contributed by atoms with Crippen LogP contribution in [0.1, 0.15) is 22.8 Å². The number of halogens is 1. The molecular weight excluding hydrogens is 330 g/mol. The highest BCUT2D eigenvalue weighted by Gasteiger charge is 2.12. The second-order valence-corrected chi connectivity index (χ2v) is 5.56. The Morgan fingerprint density at radius 3 is 2.71 bits per heavy atom. The van der Waals surface area contributed by atoms with Crippen molar-refractivity contribution in [3.8, 4) is 0 Å². The van der Waals surface area contributed by atoms with Gasteiger partial charge >= 0.3 is 0 Å². The number of rotatable bonds is 4. The van der Waals surface area contributed by atoms with Crippen molar-refractivity contribution < 1.29 is 4.79 Å². The van der Waals surface area contributed by atoms with Crippen molar-refractivity contribution in [3.05, 3.63) is 52.0 Å². The Kier molecular flexibility index (Phi) is 4.85. The monoisotopic (exact) mass is 347 g/mol. The lowest BCUT2D eigenvalue weighted by Crippen LogP contribution is -2.23. The van der Waals surface area contributed by atoms with E-state index >= 15 is 0 Å². The summed E-state index contributed by atoms with van der Waals surface area (Å²) < 4.78 is 1.01. The fourth-order valence-corrected chi connectivity index (χ4v) is 2.37. The van der Waals surface area contributed by atoms with Crippen LogP contribution in [0, 0.1) is 6.92 Å². The van der Waals surface area contributed by atoms with E-state index in [1.807, 2.05) is 32.0 Å². The Bertz CT molecular complexity index is 671. The topological polar surface area (TPSA) is 67.2 Å². The quantitative estimate of drug-likeness (QED) is 0.736. The van der Waals surface area contributed by atoms with Crippen molar-refractivity contribution in [2.45, 2.75) is 13.8 Å². The van der Waals surface area contributed by atoms with E-state index in [1.54, 1.807) is 18.2 Å². The third-order valence-electron chi connectivity index (χ3n) is 3.16. The molecule has 0 saturated heterocycles. The molecule has 0 fully saturated rings. The van der Waals surface area contributed by atoms with Gasteiger partial charge in [-0.3, -0.25) is 4.79 Å². The van der Waals surface area contributed by atoms with Gasteiger partial charge in [0.25, 0.3) is 5.91 Å². The third kappa shape index (κ3) is 3.55. The summed E-state index contributed by atoms with van der Waals surface area (Å²) in [5.74, 6) is -0.118. The average Bonchev–Trinajstić information content (AvgIpc) is 2.44. The lowest BCUT2D eigenvalue weighted by Gasteiger charge is -2.15. The minimum absolute atomic E-state index is 0.118. The molecule has 5 heteroatoms. The number of anilines is 3. The molecule has 0 bridgehead atoms. The Hall–Kier alpha value is -2.01. The number of benzene rings is 2. The van der Waals surface area contributed by atoms with Gasteiger partial charge in [0.2, 0.25) is 0 Å². The molecule has 0 aliphatic carbocycles. The zero-order valence-corrected chi connectivity index (χ0v) is 13.6. The van der Waals surface area contributed by atoms with E-state index < -0.39 is 0 Å². The van der Waals surface area contributed by atoms with Gasteiger partial charge in [0.1, 0.15) is 0 Å². The zero-order chi connectivity index (χ0) is 15.4. The molecule has 4 nitrogen and oxygen atoms in total. The molecule has 0 atom stereocenters. The van der Waals surface area contributed by atoms with Gasteiger partial charge < -0.3 is 16.4 Å². The minimum Gasteiger partial charge on any atom is -0.399 e. The normalized spacial score (nSPS) is 10.2. The summed E-state index contributed by atoms with van der Waals surface area (Å²) in [5.41, 5.74) is 9.72. The van der Waals surface area contributed by atoms with Crippen molar-refractivity contribution in [2.75, 3.05) is 17.6 Å². The Labute approximate surface area is 132 Å². The van der Waals surface area contributed by atoms with Gasteiger partial charge in [-0.15, -0.1) is 0 Å². The summed E-state index contributed by atoms with van der Waals surface area (Å²) in [6, 6.07) is 11.1. The Morgan fingerprint density at radius 2 is 2.00 bits per heavy atom. The number of carbonyl (C=O) groups excluding carboxylic acids is 1. The van der Waals surface area contributed by atoms with Gasteiger partial charge in [-0.25, -0.2) is 0 Å². The van der Waals surface area contributed by atoms with Gasteiger partial charge in [0.15, 0.2) is 0 Å². The van der Waals surface area contributed by atoms with Crippen LogP contribution in [0.15, 0.2) is 40.9 Å². The van der Waals surface area contributed by atoms with Crippen LogP contribution >= 0.6 is 15.9 Å². The van der Waals surface area contributed by atoms with Crippen molar-refractivity contribution >= 4 is 38.9 Å². The first kappa shape index (κ1) is 15.4. The van der Waals surface area contributed by atoms with Crippen molar-refractivity contribution in [3.63, 3.8) is 0 Å². The molecule has 0 saturated carbocycles. The zero-order valence-electron chi connectivity index (χ0n) is 12.0. The highest BCUT2D eigenvalue weighted by molar-refractivity contribution is 9.10. The molecule has 0 radical (unpaired) electrons. The molecular formula is C16H18BrN3O. The Morgan fingerprint density at radius 1 is 1.24 bits per heavy atom. The molecule has 0 aliphatic heterocycles. The van der Waals surface area contributed by atoms with Crippen molar-refractivity contribution in [1.82, 2.24) is 5.32 Å². The van der Waals surface area contributed by atoms with Crippen LogP contribution < -0.4 is 16.4 Å².